The molecule has 13 heteroatoms. The summed E-state index contributed by atoms with van der Waals surface area (Å²) < 4.78 is 58.3. The largest absolute Gasteiger partial charge is 0.434 e. The number of rotatable bonds is 5. The predicted octanol–water partition coefficient (Wildman–Crippen LogP) is 4.67. The highest BCUT2D eigenvalue weighted by atomic mass is 79.9. The van der Waals surface area contributed by atoms with E-state index in [1.807, 2.05) is 0 Å². The molecule has 1 aliphatic rings. The maximum Gasteiger partial charge on any atom is 0.416 e. The summed E-state index contributed by atoms with van der Waals surface area (Å²) in [4.78, 5) is 35.6. The minimum Gasteiger partial charge on any atom is -0.434 e. The quantitative estimate of drug-likeness (QED) is 0.206. The van der Waals surface area contributed by atoms with E-state index in [4.69, 9.17) is 4.74 Å². The summed E-state index contributed by atoms with van der Waals surface area (Å²) in [6, 6.07) is 6.19. The van der Waals surface area contributed by atoms with E-state index in [1.54, 1.807) is 0 Å². The van der Waals surface area contributed by atoms with Gasteiger partial charge < -0.3 is 9.64 Å². The maximum absolute atomic E-state index is 13.4. The van der Waals surface area contributed by atoms with Gasteiger partial charge in [0.05, 0.1) is 22.3 Å². The topological polar surface area (TPSA) is 75.6 Å². The van der Waals surface area contributed by atoms with Crippen LogP contribution >= 0.6 is 27.3 Å². The Hall–Kier alpha value is -2.80. The van der Waals surface area contributed by atoms with Gasteiger partial charge in [-0.2, -0.15) is 17.6 Å². The number of fused-ring (bicyclic) bond motifs is 1. The van der Waals surface area contributed by atoms with E-state index >= 15 is 0 Å². The van der Waals surface area contributed by atoms with E-state index < -0.39 is 35.9 Å². The summed E-state index contributed by atoms with van der Waals surface area (Å²) >= 11 is 4.23. The first-order valence-corrected chi connectivity index (χ1v) is 11.1. The Balaban J connectivity index is 1.67. The number of urea groups is 1. The number of pyridine rings is 1. The van der Waals surface area contributed by atoms with Crippen molar-refractivity contribution in [3.8, 4) is 0 Å². The lowest BCUT2D eigenvalue weighted by atomic mass is 10.2. The van der Waals surface area contributed by atoms with Crippen molar-refractivity contribution >= 4 is 54.6 Å². The third-order valence-corrected chi connectivity index (χ3v) is 5.96. The van der Waals surface area contributed by atoms with Crippen molar-refractivity contribution in [2.45, 2.75) is 12.4 Å². The molecule has 1 saturated heterocycles. The Bertz CT molecular complexity index is 1190. The first-order chi connectivity index (χ1) is 15.2. The van der Waals surface area contributed by atoms with Crippen molar-refractivity contribution < 1.29 is 31.9 Å². The number of anilines is 1. The van der Waals surface area contributed by atoms with Crippen molar-refractivity contribution in [3.63, 3.8) is 0 Å². The molecule has 32 heavy (non-hydrogen) atoms. The van der Waals surface area contributed by atoms with Crippen LogP contribution < -0.4 is 4.90 Å². The summed E-state index contributed by atoms with van der Waals surface area (Å²) in [5.41, 5.74) is -1.09. The number of amides is 2. The van der Waals surface area contributed by atoms with Gasteiger partial charge in [-0.15, -0.1) is 0 Å². The monoisotopic (exact) mass is 532 g/mol. The molecule has 1 atom stereocenters. The summed E-state index contributed by atoms with van der Waals surface area (Å²) in [5.74, 6) is -1.82. The van der Waals surface area contributed by atoms with Crippen LogP contribution in [-0.2, 0) is 10.9 Å². The van der Waals surface area contributed by atoms with E-state index in [0.717, 1.165) is 34.4 Å². The SMILES string of the molecule is O=C(OC1CN(CCBr)C(=O)N1c1nc2cc(C(F)(F)F)ccc2s1)c1cccc(F)n1. The van der Waals surface area contributed by atoms with Crippen LogP contribution in [0.25, 0.3) is 10.2 Å². The Kier molecular flexibility index (Phi) is 6.03. The first kappa shape index (κ1) is 22.4. The smallest absolute Gasteiger partial charge is 0.416 e. The second-order valence-corrected chi connectivity index (χ2v) is 8.47. The molecule has 0 radical (unpaired) electrons. The summed E-state index contributed by atoms with van der Waals surface area (Å²) in [7, 11) is 0. The zero-order valence-corrected chi connectivity index (χ0v) is 18.4. The molecule has 1 aliphatic heterocycles. The van der Waals surface area contributed by atoms with Gasteiger partial charge in [-0.1, -0.05) is 33.3 Å². The van der Waals surface area contributed by atoms with E-state index in [-0.39, 0.29) is 22.9 Å². The van der Waals surface area contributed by atoms with Gasteiger partial charge in [-0.05, 0) is 30.3 Å². The van der Waals surface area contributed by atoms with Crippen LogP contribution in [0.5, 0.6) is 0 Å². The second-order valence-electron chi connectivity index (χ2n) is 6.67. The lowest BCUT2D eigenvalue weighted by Gasteiger charge is -2.20. The van der Waals surface area contributed by atoms with Gasteiger partial charge in [0.2, 0.25) is 12.2 Å². The second kappa shape index (κ2) is 8.62. The number of ether oxygens (including phenoxy) is 1. The Morgan fingerprint density at radius 3 is 2.72 bits per heavy atom. The number of hydrogen-bond donors (Lipinski definition) is 0. The van der Waals surface area contributed by atoms with E-state index in [2.05, 4.69) is 25.9 Å². The number of carbonyl (C=O) groups excluding carboxylic acids is 2. The number of hydrogen-bond acceptors (Lipinski definition) is 6. The zero-order valence-electron chi connectivity index (χ0n) is 16.0. The minimum absolute atomic E-state index is 0.00475. The molecule has 2 aromatic heterocycles. The van der Waals surface area contributed by atoms with Gasteiger partial charge >= 0.3 is 18.2 Å². The summed E-state index contributed by atoms with van der Waals surface area (Å²) in [6.45, 7) is 0.292. The first-order valence-electron chi connectivity index (χ1n) is 9.13. The normalized spacial score (nSPS) is 16.8. The average molecular weight is 533 g/mol. The van der Waals surface area contributed by atoms with Gasteiger partial charge in [0.1, 0.15) is 0 Å². The number of thiazole rings is 1. The molecule has 3 heterocycles. The third-order valence-electron chi connectivity index (χ3n) is 4.57. The molecule has 1 aromatic carbocycles. The third kappa shape index (κ3) is 4.39. The number of halogens is 5. The number of benzene rings is 1. The van der Waals surface area contributed by atoms with Crippen LogP contribution in [0.4, 0.5) is 27.5 Å². The molecule has 2 amide bonds. The number of aromatic nitrogens is 2. The Morgan fingerprint density at radius 2 is 2.03 bits per heavy atom. The lowest BCUT2D eigenvalue weighted by molar-refractivity contribution is -0.137. The zero-order chi connectivity index (χ0) is 23.0. The fraction of sp³-hybridized carbons (Fsp3) is 0.263. The van der Waals surface area contributed by atoms with Crippen LogP contribution in [0.3, 0.4) is 0 Å². The van der Waals surface area contributed by atoms with Crippen LogP contribution in [-0.4, -0.2) is 51.5 Å². The molecule has 168 valence electrons. The Labute approximate surface area is 190 Å². The van der Waals surface area contributed by atoms with Crippen molar-refractivity contribution in [2.75, 3.05) is 23.3 Å². The van der Waals surface area contributed by atoms with Crippen molar-refractivity contribution in [1.82, 2.24) is 14.9 Å². The van der Waals surface area contributed by atoms with E-state index in [9.17, 15) is 27.2 Å². The molecule has 1 fully saturated rings. The fourth-order valence-corrected chi connectivity index (χ4v) is 4.52. The summed E-state index contributed by atoms with van der Waals surface area (Å²) in [5, 5.41) is 0.527. The molecular weight excluding hydrogens is 520 g/mol. The minimum atomic E-state index is -4.54. The molecule has 0 N–H and O–H groups in total. The highest BCUT2D eigenvalue weighted by molar-refractivity contribution is 9.09. The van der Waals surface area contributed by atoms with Crippen LogP contribution in [0.2, 0.25) is 0 Å². The number of carbonyl (C=O) groups is 2. The molecule has 4 rings (SSSR count). The fourth-order valence-electron chi connectivity index (χ4n) is 3.11. The highest BCUT2D eigenvalue weighted by Gasteiger charge is 2.42. The van der Waals surface area contributed by atoms with Gasteiger partial charge in [-0.3, -0.25) is 0 Å². The molecule has 7 nitrogen and oxygen atoms in total. The highest BCUT2D eigenvalue weighted by Crippen LogP contribution is 2.37. The molecule has 1 unspecified atom stereocenters. The molecule has 0 aliphatic carbocycles. The average Bonchev–Trinajstić information content (AvgIpc) is 3.27. The molecule has 0 spiro atoms. The number of alkyl halides is 4. The lowest BCUT2D eigenvalue weighted by Crippen LogP contribution is -2.38. The van der Waals surface area contributed by atoms with Crippen molar-refractivity contribution in [3.05, 3.63) is 53.6 Å². The van der Waals surface area contributed by atoms with Crippen molar-refractivity contribution in [2.24, 2.45) is 0 Å². The molecule has 0 saturated carbocycles. The molecular formula is C19H13BrF4N4O3S. The van der Waals surface area contributed by atoms with Crippen molar-refractivity contribution in [1.29, 1.82) is 0 Å². The van der Waals surface area contributed by atoms with Gasteiger partial charge in [0, 0.05) is 11.9 Å². The van der Waals surface area contributed by atoms with E-state index in [1.165, 1.54) is 23.1 Å². The number of esters is 1. The molecule has 3 aromatic rings. The van der Waals surface area contributed by atoms with Crippen LogP contribution in [0.1, 0.15) is 16.1 Å². The maximum atomic E-state index is 13.4. The molecule has 0 bridgehead atoms. The predicted molar refractivity (Wildman–Crippen MR) is 111 cm³/mol. The standard InChI is InChI=1S/C19H13BrF4N4O3S/c20-6-7-27-9-15(31-16(29)11-2-1-3-14(21)25-11)28(18(27)30)17-26-12-8-10(19(22,23)24)4-5-13(12)32-17/h1-5,8,15H,6-7,9H2. The summed E-state index contributed by atoms with van der Waals surface area (Å²) in [6.07, 6.45) is -5.66. The van der Waals surface area contributed by atoms with Gasteiger partial charge in [0.15, 0.2) is 10.8 Å². The Morgan fingerprint density at radius 1 is 1.25 bits per heavy atom. The van der Waals surface area contributed by atoms with Crippen LogP contribution in [0, 0.1) is 5.95 Å². The van der Waals surface area contributed by atoms with E-state index in [0.29, 0.717) is 16.6 Å². The van der Waals surface area contributed by atoms with Crippen LogP contribution in [0.15, 0.2) is 36.4 Å². The van der Waals surface area contributed by atoms with Gasteiger partial charge in [-0.25, -0.2) is 24.5 Å². The number of nitrogens with zero attached hydrogens (tertiary/aromatic N) is 4. The van der Waals surface area contributed by atoms with Gasteiger partial charge in [0.25, 0.3) is 0 Å².